The number of Topliss-reactive ketones (excluding diaryl/α,β-unsaturated/α-hetero) is 1. The molecule has 0 unspecified atom stereocenters. The second-order valence-electron chi connectivity index (χ2n) is 3.32. The molecule has 1 saturated carbocycles. The lowest BCUT2D eigenvalue weighted by molar-refractivity contribution is -0.118. The predicted molar refractivity (Wildman–Crippen MR) is 48.0 cm³/mol. The van der Waals surface area contributed by atoms with E-state index in [1.165, 1.54) is 5.56 Å². The number of rotatable bonds is 1. The molecule has 1 aliphatic carbocycles. The normalized spacial score (nSPS) is 23.0. The summed E-state index contributed by atoms with van der Waals surface area (Å²) in [6, 6.07) is 10.1. The predicted octanol–water partition coefficient (Wildman–Crippen LogP) is 2.52. The van der Waals surface area contributed by atoms with E-state index in [4.69, 9.17) is 0 Å². The zero-order valence-corrected chi connectivity index (χ0v) is 6.99. The van der Waals surface area contributed by atoms with Gasteiger partial charge in [0.05, 0.1) is 0 Å². The summed E-state index contributed by atoms with van der Waals surface area (Å²) >= 11 is 0. The minimum absolute atomic E-state index is 0.200. The molecule has 0 saturated heterocycles. The molecule has 12 heavy (non-hydrogen) atoms. The summed E-state index contributed by atoms with van der Waals surface area (Å²) in [5.74, 6) is 0.618. The molecule has 1 fully saturated rings. The number of hydrogen-bond acceptors (Lipinski definition) is 1. The van der Waals surface area contributed by atoms with Gasteiger partial charge in [0, 0.05) is 12.3 Å². The molecule has 1 atom stereocenters. The Morgan fingerprint density at radius 2 is 1.92 bits per heavy atom. The fourth-order valence-electron chi connectivity index (χ4n) is 1.85. The van der Waals surface area contributed by atoms with E-state index in [-0.39, 0.29) is 5.92 Å². The van der Waals surface area contributed by atoms with Gasteiger partial charge < -0.3 is 0 Å². The second-order valence-corrected chi connectivity index (χ2v) is 3.32. The molecule has 1 nitrogen and oxygen atoms in total. The lowest BCUT2D eigenvalue weighted by Gasteiger charge is -2.06. The van der Waals surface area contributed by atoms with Crippen LogP contribution in [0.1, 0.15) is 30.7 Å². The van der Waals surface area contributed by atoms with Crippen molar-refractivity contribution in [2.45, 2.75) is 25.2 Å². The second kappa shape index (κ2) is 3.10. The Kier molecular flexibility index (Phi) is 1.94. The summed E-state index contributed by atoms with van der Waals surface area (Å²) in [5, 5.41) is 0. The minimum Gasteiger partial charge on any atom is -0.299 e. The number of carbonyl (C=O) groups is 1. The highest BCUT2D eigenvalue weighted by molar-refractivity contribution is 5.87. The van der Waals surface area contributed by atoms with Gasteiger partial charge in [-0.05, 0) is 18.4 Å². The van der Waals surface area contributed by atoms with E-state index >= 15 is 0 Å². The van der Waals surface area contributed by atoms with Crippen molar-refractivity contribution in [1.82, 2.24) is 0 Å². The van der Waals surface area contributed by atoms with Crippen LogP contribution in [0.5, 0.6) is 0 Å². The van der Waals surface area contributed by atoms with Crippen molar-refractivity contribution >= 4 is 5.78 Å². The molecule has 0 spiro atoms. The number of carbonyl (C=O) groups excluding carboxylic acids is 1. The summed E-state index contributed by atoms with van der Waals surface area (Å²) in [7, 11) is 0. The Bertz CT molecular complexity index is 276. The van der Waals surface area contributed by atoms with E-state index in [1.54, 1.807) is 0 Å². The Hall–Kier alpha value is -1.11. The quantitative estimate of drug-likeness (QED) is 0.617. The lowest BCUT2D eigenvalue weighted by Crippen LogP contribution is -2.03. The van der Waals surface area contributed by atoms with E-state index in [9.17, 15) is 4.79 Å². The van der Waals surface area contributed by atoms with Crippen molar-refractivity contribution in [2.24, 2.45) is 0 Å². The third-order valence-corrected chi connectivity index (χ3v) is 2.51. The third-order valence-electron chi connectivity index (χ3n) is 2.51. The molecule has 0 aromatic heterocycles. The first-order valence-electron chi connectivity index (χ1n) is 4.45. The van der Waals surface area contributed by atoms with Crippen molar-refractivity contribution in [3.05, 3.63) is 35.9 Å². The van der Waals surface area contributed by atoms with Crippen LogP contribution in [0, 0.1) is 0 Å². The first-order valence-corrected chi connectivity index (χ1v) is 4.45. The molecule has 1 aliphatic rings. The molecule has 1 aromatic rings. The number of benzene rings is 1. The van der Waals surface area contributed by atoms with Crippen LogP contribution in [0.3, 0.4) is 0 Å². The van der Waals surface area contributed by atoms with Crippen LogP contribution in [0.15, 0.2) is 30.3 Å². The van der Waals surface area contributed by atoms with E-state index in [1.807, 2.05) is 30.3 Å². The van der Waals surface area contributed by atoms with E-state index in [0.29, 0.717) is 5.78 Å². The molecular weight excluding hydrogens is 148 g/mol. The molecule has 0 amide bonds. The maximum absolute atomic E-state index is 11.4. The highest BCUT2D eigenvalue weighted by atomic mass is 16.1. The molecule has 0 radical (unpaired) electrons. The summed E-state index contributed by atoms with van der Waals surface area (Å²) in [5.41, 5.74) is 1.19. The topological polar surface area (TPSA) is 17.1 Å². The fraction of sp³-hybridized carbons (Fsp3) is 0.364. The molecule has 0 N–H and O–H groups in total. The summed E-state index contributed by atoms with van der Waals surface area (Å²) in [6.07, 6.45) is 2.89. The molecule has 0 heterocycles. The largest absolute Gasteiger partial charge is 0.299 e. The zero-order chi connectivity index (χ0) is 8.39. The molecule has 1 aromatic carbocycles. The van der Waals surface area contributed by atoms with Gasteiger partial charge in [0.15, 0.2) is 0 Å². The molecule has 0 bridgehead atoms. The minimum atomic E-state index is 0.200. The molecule has 0 aliphatic heterocycles. The highest BCUT2D eigenvalue weighted by Crippen LogP contribution is 2.30. The molecular formula is C11H12O. The standard InChI is InChI=1S/C11H12O/c12-11-8-4-7-10(11)9-5-2-1-3-6-9/h1-3,5-6,10H,4,7-8H2/t10-/m0/s1. The van der Waals surface area contributed by atoms with E-state index < -0.39 is 0 Å². The Morgan fingerprint density at radius 3 is 2.50 bits per heavy atom. The van der Waals surface area contributed by atoms with Crippen molar-refractivity contribution < 1.29 is 4.79 Å². The average Bonchev–Trinajstić information content (AvgIpc) is 2.53. The Labute approximate surface area is 72.4 Å². The summed E-state index contributed by atoms with van der Waals surface area (Å²) < 4.78 is 0. The zero-order valence-electron chi connectivity index (χ0n) is 6.99. The van der Waals surface area contributed by atoms with Gasteiger partial charge in [-0.3, -0.25) is 4.79 Å². The van der Waals surface area contributed by atoms with Gasteiger partial charge in [0.25, 0.3) is 0 Å². The smallest absolute Gasteiger partial charge is 0.140 e. The third kappa shape index (κ3) is 1.27. The Balaban J connectivity index is 2.25. The average molecular weight is 160 g/mol. The summed E-state index contributed by atoms with van der Waals surface area (Å²) in [6.45, 7) is 0. The number of ketones is 1. The summed E-state index contributed by atoms with van der Waals surface area (Å²) in [4.78, 5) is 11.4. The van der Waals surface area contributed by atoms with E-state index in [0.717, 1.165) is 19.3 Å². The van der Waals surface area contributed by atoms with Crippen molar-refractivity contribution in [1.29, 1.82) is 0 Å². The van der Waals surface area contributed by atoms with Crippen LogP contribution in [0.2, 0.25) is 0 Å². The lowest BCUT2D eigenvalue weighted by atomic mass is 9.97. The number of hydrogen-bond donors (Lipinski definition) is 0. The van der Waals surface area contributed by atoms with Crippen LogP contribution in [0.4, 0.5) is 0 Å². The molecule has 1 heteroatoms. The van der Waals surface area contributed by atoms with Gasteiger partial charge in [-0.15, -0.1) is 0 Å². The first-order chi connectivity index (χ1) is 5.88. The monoisotopic (exact) mass is 160 g/mol. The van der Waals surface area contributed by atoms with Gasteiger partial charge in [-0.25, -0.2) is 0 Å². The first kappa shape index (κ1) is 7.53. The van der Waals surface area contributed by atoms with Crippen molar-refractivity contribution in [2.75, 3.05) is 0 Å². The maximum Gasteiger partial charge on any atom is 0.140 e. The fourth-order valence-corrected chi connectivity index (χ4v) is 1.85. The van der Waals surface area contributed by atoms with Crippen LogP contribution in [-0.2, 0) is 4.79 Å². The van der Waals surface area contributed by atoms with Gasteiger partial charge in [0.2, 0.25) is 0 Å². The molecule has 62 valence electrons. The van der Waals surface area contributed by atoms with Crippen molar-refractivity contribution in [3.8, 4) is 0 Å². The van der Waals surface area contributed by atoms with E-state index in [2.05, 4.69) is 0 Å². The van der Waals surface area contributed by atoms with Crippen LogP contribution < -0.4 is 0 Å². The van der Waals surface area contributed by atoms with Crippen LogP contribution in [0.25, 0.3) is 0 Å². The van der Waals surface area contributed by atoms with Crippen LogP contribution in [-0.4, -0.2) is 5.78 Å². The van der Waals surface area contributed by atoms with Crippen molar-refractivity contribution in [3.63, 3.8) is 0 Å². The van der Waals surface area contributed by atoms with Gasteiger partial charge in [-0.1, -0.05) is 30.3 Å². The SMILES string of the molecule is O=C1CCC[C@H]1c1ccccc1. The van der Waals surface area contributed by atoms with Gasteiger partial charge >= 0.3 is 0 Å². The van der Waals surface area contributed by atoms with Gasteiger partial charge in [0.1, 0.15) is 5.78 Å². The van der Waals surface area contributed by atoms with Gasteiger partial charge in [-0.2, -0.15) is 0 Å². The van der Waals surface area contributed by atoms with Crippen LogP contribution >= 0.6 is 0 Å². The highest BCUT2D eigenvalue weighted by Gasteiger charge is 2.25. The maximum atomic E-state index is 11.4. The Morgan fingerprint density at radius 1 is 1.17 bits per heavy atom. The molecule has 2 rings (SSSR count).